The standard InChI is InChI=1S/C12H22.C11H20.2C2H6/c1-10(2)12-7-4-11(3,5-8-12)6-9-12;1-9(2)11-6-4-10(3,8-11)5-7-11;2*1-2/h10H,4-9H2,1-3H3;9H,4-8H2,1-3H3;2*1-2H3. The molecule has 162 valence electrons. The Labute approximate surface area is 173 Å². The third kappa shape index (κ3) is 5.33. The Balaban J connectivity index is 0.000000229. The van der Waals surface area contributed by atoms with Gasteiger partial charge < -0.3 is 0 Å². The average molecular weight is 379 g/mol. The Morgan fingerprint density at radius 2 is 0.741 bits per heavy atom. The van der Waals surface area contributed by atoms with Crippen LogP contribution in [0.4, 0.5) is 0 Å². The van der Waals surface area contributed by atoms with Gasteiger partial charge in [0.15, 0.2) is 0 Å². The zero-order chi connectivity index (χ0) is 20.9. The Bertz CT molecular complexity index is 395. The molecule has 0 amide bonds. The first-order chi connectivity index (χ1) is 12.6. The minimum Gasteiger partial charge on any atom is -0.0683 e. The molecular weight excluding hydrogens is 324 g/mol. The van der Waals surface area contributed by atoms with Crippen molar-refractivity contribution in [3.8, 4) is 0 Å². The summed E-state index contributed by atoms with van der Waals surface area (Å²) in [6.45, 7) is 22.7. The van der Waals surface area contributed by atoms with Crippen LogP contribution in [0.3, 0.4) is 0 Å². The summed E-state index contributed by atoms with van der Waals surface area (Å²) >= 11 is 0. The van der Waals surface area contributed by atoms with Crippen molar-refractivity contribution in [2.75, 3.05) is 0 Å². The summed E-state index contributed by atoms with van der Waals surface area (Å²) in [6, 6.07) is 0. The molecular formula is C27H54. The third-order valence-electron chi connectivity index (χ3n) is 9.36. The SMILES string of the molecule is CC.CC.CC(C)C12CCC(C)(CC1)C2.CC(C)C12CCC(C)(CC1)CC2. The Hall–Kier alpha value is 0. The molecule has 0 nitrogen and oxygen atoms in total. The number of hydrogen-bond donors (Lipinski definition) is 0. The molecule has 0 radical (unpaired) electrons. The minimum atomic E-state index is 0.747. The molecule has 4 bridgehead atoms. The van der Waals surface area contributed by atoms with E-state index in [-0.39, 0.29) is 0 Å². The van der Waals surface area contributed by atoms with E-state index in [1.54, 1.807) is 0 Å². The highest BCUT2D eigenvalue weighted by molar-refractivity contribution is 5.03. The molecule has 5 aliphatic rings. The smallest absolute Gasteiger partial charge is 0.0269 e. The fourth-order valence-corrected chi connectivity index (χ4v) is 6.60. The van der Waals surface area contributed by atoms with Crippen LogP contribution in [0.5, 0.6) is 0 Å². The second kappa shape index (κ2) is 9.67. The van der Waals surface area contributed by atoms with Gasteiger partial charge in [-0.2, -0.15) is 0 Å². The van der Waals surface area contributed by atoms with Gasteiger partial charge in [-0.3, -0.25) is 0 Å². The molecule has 0 aliphatic heterocycles. The van der Waals surface area contributed by atoms with Crippen LogP contribution in [-0.4, -0.2) is 0 Å². The van der Waals surface area contributed by atoms with Crippen molar-refractivity contribution in [3.63, 3.8) is 0 Å². The van der Waals surface area contributed by atoms with Crippen molar-refractivity contribution in [2.24, 2.45) is 33.5 Å². The molecule has 0 saturated heterocycles. The summed E-state index contributed by atoms with van der Waals surface area (Å²) in [4.78, 5) is 0. The van der Waals surface area contributed by atoms with Crippen molar-refractivity contribution in [3.05, 3.63) is 0 Å². The fraction of sp³-hybridized carbons (Fsp3) is 1.00. The maximum atomic E-state index is 2.50. The molecule has 0 N–H and O–H groups in total. The van der Waals surface area contributed by atoms with Gasteiger partial charge in [0, 0.05) is 0 Å². The molecule has 0 heterocycles. The van der Waals surface area contributed by atoms with Gasteiger partial charge in [0.2, 0.25) is 0 Å². The molecule has 5 aliphatic carbocycles. The van der Waals surface area contributed by atoms with E-state index in [0.717, 1.165) is 33.5 Å². The molecule has 5 saturated carbocycles. The molecule has 0 atom stereocenters. The van der Waals surface area contributed by atoms with Crippen LogP contribution in [0.2, 0.25) is 0 Å². The van der Waals surface area contributed by atoms with Gasteiger partial charge in [-0.1, -0.05) is 69.2 Å². The Morgan fingerprint density at radius 1 is 0.444 bits per heavy atom. The predicted molar refractivity (Wildman–Crippen MR) is 124 cm³/mol. The van der Waals surface area contributed by atoms with Crippen molar-refractivity contribution >= 4 is 0 Å². The van der Waals surface area contributed by atoms with Gasteiger partial charge in [0.25, 0.3) is 0 Å². The molecule has 0 heteroatoms. The monoisotopic (exact) mass is 378 g/mol. The number of hydrogen-bond acceptors (Lipinski definition) is 0. The lowest BCUT2D eigenvalue weighted by Crippen LogP contribution is -2.42. The van der Waals surface area contributed by atoms with E-state index >= 15 is 0 Å². The van der Waals surface area contributed by atoms with E-state index in [1.165, 1.54) is 70.6 Å². The number of fused-ring (bicyclic) bond motifs is 5. The lowest BCUT2D eigenvalue weighted by molar-refractivity contribution is -0.0282. The first-order valence-electron chi connectivity index (χ1n) is 12.6. The molecule has 27 heavy (non-hydrogen) atoms. The van der Waals surface area contributed by atoms with Gasteiger partial charge in [0.05, 0.1) is 0 Å². The normalized spacial score (nSPS) is 41.3. The van der Waals surface area contributed by atoms with Gasteiger partial charge in [-0.15, -0.1) is 0 Å². The maximum Gasteiger partial charge on any atom is -0.0269 e. The average Bonchev–Trinajstić information content (AvgIpc) is 3.22. The Kier molecular flexibility index (Phi) is 8.96. The Morgan fingerprint density at radius 3 is 0.963 bits per heavy atom. The first kappa shape index (κ1) is 25.0. The highest BCUT2D eigenvalue weighted by Gasteiger charge is 2.52. The zero-order valence-electron chi connectivity index (χ0n) is 20.9. The fourth-order valence-electron chi connectivity index (χ4n) is 6.60. The molecule has 5 fully saturated rings. The second-order valence-corrected chi connectivity index (χ2v) is 11.3. The summed E-state index contributed by atoms with van der Waals surface area (Å²) in [5.74, 6) is 1.84. The summed E-state index contributed by atoms with van der Waals surface area (Å²) in [6.07, 6.45) is 16.6. The van der Waals surface area contributed by atoms with Crippen LogP contribution >= 0.6 is 0 Å². The van der Waals surface area contributed by atoms with Crippen LogP contribution in [0.15, 0.2) is 0 Å². The summed E-state index contributed by atoms with van der Waals surface area (Å²) in [5, 5.41) is 0. The van der Waals surface area contributed by atoms with Crippen molar-refractivity contribution in [2.45, 2.75) is 140 Å². The van der Waals surface area contributed by atoms with Crippen LogP contribution in [0, 0.1) is 33.5 Å². The van der Waals surface area contributed by atoms with Crippen LogP contribution in [-0.2, 0) is 0 Å². The maximum absolute atomic E-state index is 2.50. The van der Waals surface area contributed by atoms with E-state index in [4.69, 9.17) is 0 Å². The molecule has 0 aromatic rings. The van der Waals surface area contributed by atoms with Crippen molar-refractivity contribution in [1.82, 2.24) is 0 Å². The van der Waals surface area contributed by atoms with E-state index in [1.807, 2.05) is 27.7 Å². The molecule has 0 spiro atoms. The zero-order valence-corrected chi connectivity index (χ0v) is 20.9. The molecule has 0 aromatic carbocycles. The molecule has 0 aromatic heterocycles. The van der Waals surface area contributed by atoms with Gasteiger partial charge in [-0.05, 0) is 104 Å². The van der Waals surface area contributed by atoms with Crippen LogP contribution in [0.25, 0.3) is 0 Å². The molecule has 5 rings (SSSR count). The van der Waals surface area contributed by atoms with E-state index in [2.05, 4.69) is 41.5 Å². The van der Waals surface area contributed by atoms with Crippen molar-refractivity contribution < 1.29 is 0 Å². The van der Waals surface area contributed by atoms with Crippen molar-refractivity contribution in [1.29, 1.82) is 0 Å². The molecule has 0 unspecified atom stereocenters. The van der Waals surface area contributed by atoms with Crippen LogP contribution in [0.1, 0.15) is 140 Å². The van der Waals surface area contributed by atoms with E-state index in [0.29, 0.717) is 0 Å². The first-order valence-corrected chi connectivity index (χ1v) is 12.6. The largest absolute Gasteiger partial charge is 0.0683 e. The quantitative estimate of drug-likeness (QED) is 0.448. The van der Waals surface area contributed by atoms with E-state index in [9.17, 15) is 0 Å². The third-order valence-corrected chi connectivity index (χ3v) is 9.36. The lowest BCUT2D eigenvalue weighted by Gasteiger charge is -2.54. The van der Waals surface area contributed by atoms with E-state index < -0.39 is 0 Å². The van der Waals surface area contributed by atoms with Crippen LogP contribution < -0.4 is 0 Å². The van der Waals surface area contributed by atoms with Gasteiger partial charge in [-0.25, -0.2) is 0 Å². The highest BCUT2D eigenvalue weighted by Crippen LogP contribution is 2.64. The second-order valence-electron chi connectivity index (χ2n) is 11.3. The predicted octanol–water partition coefficient (Wildman–Crippen LogP) is 9.67. The minimum absolute atomic E-state index is 0.747. The number of rotatable bonds is 2. The topological polar surface area (TPSA) is 0 Å². The summed E-state index contributed by atoms with van der Waals surface area (Å²) < 4.78 is 0. The highest BCUT2D eigenvalue weighted by atomic mass is 14.6. The van der Waals surface area contributed by atoms with Gasteiger partial charge in [0.1, 0.15) is 0 Å². The summed E-state index contributed by atoms with van der Waals surface area (Å²) in [5.41, 5.74) is 3.04. The van der Waals surface area contributed by atoms with Gasteiger partial charge >= 0.3 is 0 Å². The summed E-state index contributed by atoms with van der Waals surface area (Å²) in [7, 11) is 0. The lowest BCUT2D eigenvalue weighted by atomic mass is 9.51.